The van der Waals surface area contributed by atoms with E-state index in [1.807, 2.05) is 53.5 Å². The molecule has 2 amide bonds. The first-order valence-electron chi connectivity index (χ1n) is 8.67. The lowest BCUT2D eigenvalue weighted by Gasteiger charge is -2.24. The van der Waals surface area contributed by atoms with Gasteiger partial charge in [-0.2, -0.15) is 10.2 Å². The lowest BCUT2D eigenvalue weighted by Crippen LogP contribution is -2.43. The van der Waals surface area contributed by atoms with Crippen molar-refractivity contribution in [2.75, 3.05) is 5.32 Å². The Kier molecular flexibility index (Phi) is 4.16. The van der Waals surface area contributed by atoms with Crippen molar-refractivity contribution in [3.8, 4) is 5.69 Å². The number of para-hydroxylation sites is 2. The molecule has 3 aromatic rings. The summed E-state index contributed by atoms with van der Waals surface area (Å²) in [5.41, 5.74) is 3.51. The van der Waals surface area contributed by atoms with Crippen LogP contribution in [0.5, 0.6) is 0 Å². The highest BCUT2D eigenvalue weighted by molar-refractivity contribution is 5.91. The van der Waals surface area contributed by atoms with Crippen molar-refractivity contribution in [3.63, 3.8) is 0 Å². The second-order valence-electron chi connectivity index (χ2n) is 6.55. The summed E-state index contributed by atoms with van der Waals surface area (Å²) >= 11 is 0. The lowest BCUT2D eigenvalue weighted by atomic mass is 10.1. The number of nitrogens with one attached hydrogen (secondary N) is 2. The molecule has 0 fully saturated rings. The van der Waals surface area contributed by atoms with Crippen LogP contribution in [0.3, 0.4) is 0 Å². The van der Waals surface area contributed by atoms with Gasteiger partial charge < -0.3 is 10.6 Å². The Hall–Kier alpha value is -3.16. The van der Waals surface area contributed by atoms with Crippen LogP contribution < -0.4 is 10.6 Å². The maximum absolute atomic E-state index is 12.5. The average Bonchev–Trinajstić information content (AvgIpc) is 3.20. The Morgan fingerprint density at radius 3 is 2.92 bits per heavy atom. The SMILES string of the molecule is Cc1cc(C)n(-c2ccccc2NC(=O)NC2CCc3ncnn3C2)n1. The van der Waals surface area contributed by atoms with Crippen molar-refractivity contribution in [1.29, 1.82) is 0 Å². The molecular weight excluding hydrogens is 330 g/mol. The molecule has 0 saturated heterocycles. The first-order chi connectivity index (χ1) is 12.6. The number of aryl methyl sites for hydroxylation is 3. The van der Waals surface area contributed by atoms with Crippen LogP contribution in [-0.4, -0.2) is 36.6 Å². The van der Waals surface area contributed by atoms with Crippen LogP contribution >= 0.6 is 0 Å². The maximum atomic E-state index is 12.5. The predicted octanol–water partition coefficient (Wildman–Crippen LogP) is 2.22. The zero-order chi connectivity index (χ0) is 18.1. The molecule has 0 bridgehead atoms. The Balaban J connectivity index is 1.48. The summed E-state index contributed by atoms with van der Waals surface area (Å²) in [5, 5.41) is 14.7. The van der Waals surface area contributed by atoms with Crippen molar-refractivity contribution in [3.05, 3.63) is 53.9 Å². The number of benzene rings is 1. The molecule has 0 aliphatic carbocycles. The van der Waals surface area contributed by atoms with Crippen LogP contribution in [0.1, 0.15) is 23.6 Å². The molecule has 2 aromatic heterocycles. The van der Waals surface area contributed by atoms with E-state index in [2.05, 4.69) is 25.8 Å². The van der Waals surface area contributed by atoms with Gasteiger partial charge in [0.15, 0.2) is 0 Å². The van der Waals surface area contributed by atoms with Gasteiger partial charge in [-0.3, -0.25) is 0 Å². The molecule has 0 spiro atoms. The molecule has 1 atom stereocenters. The number of amides is 2. The molecule has 1 aliphatic heterocycles. The molecule has 8 heteroatoms. The fourth-order valence-corrected chi connectivity index (χ4v) is 3.34. The number of rotatable bonds is 3. The number of urea groups is 1. The van der Waals surface area contributed by atoms with E-state index in [0.717, 1.165) is 35.7 Å². The lowest BCUT2D eigenvalue weighted by molar-refractivity contribution is 0.243. The molecule has 1 aliphatic rings. The molecule has 1 aromatic carbocycles. The van der Waals surface area contributed by atoms with Crippen LogP contribution in [0.15, 0.2) is 36.7 Å². The number of aromatic nitrogens is 5. The fraction of sp³-hybridized carbons (Fsp3) is 0.333. The third-order valence-electron chi connectivity index (χ3n) is 4.53. The van der Waals surface area contributed by atoms with Gasteiger partial charge in [0.2, 0.25) is 0 Å². The number of fused-ring (bicyclic) bond motifs is 1. The van der Waals surface area contributed by atoms with Gasteiger partial charge in [0, 0.05) is 12.1 Å². The molecular formula is C18H21N7O. The van der Waals surface area contributed by atoms with Crippen molar-refractivity contribution in [1.82, 2.24) is 29.9 Å². The quantitative estimate of drug-likeness (QED) is 0.757. The molecule has 0 radical (unpaired) electrons. The highest BCUT2D eigenvalue weighted by Gasteiger charge is 2.21. The van der Waals surface area contributed by atoms with Crippen molar-refractivity contribution in [2.45, 2.75) is 39.3 Å². The molecule has 26 heavy (non-hydrogen) atoms. The normalized spacial score (nSPS) is 16.2. The summed E-state index contributed by atoms with van der Waals surface area (Å²) in [6, 6.07) is 9.46. The first-order valence-corrected chi connectivity index (χ1v) is 8.67. The van der Waals surface area contributed by atoms with Crippen molar-refractivity contribution in [2.24, 2.45) is 0 Å². The average molecular weight is 351 g/mol. The van der Waals surface area contributed by atoms with E-state index in [1.54, 1.807) is 6.33 Å². The van der Waals surface area contributed by atoms with Gasteiger partial charge in [0.05, 0.1) is 29.7 Å². The largest absolute Gasteiger partial charge is 0.333 e. The molecule has 2 N–H and O–H groups in total. The molecule has 4 rings (SSSR count). The second-order valence-corrected chi connectivity index (χ2v) is 6.55. The molecule has 134 valence electrons. The van der Waals surface area contributed by atoms with Crippen LogP contribution in [-0.2, 0) is 13.0 Å². The standard InChI is InChI=1S/C18H21N7O/c1-12-9-13(2)25(23-12)16-6-4-3-5-15(16)22-18(26)21-14-7-8-17-19-11-20-24(17)10-14/h3-6,9,11,14H,7-8,10H2,1-2H3,(H2,21,22,26). The molecule has 1 unspecified atom stereocenters. The van der Waals surface area contributed by atoms with Gasteiger partial charge in [0.1, 0.15) is 12.2 Å². The van der Waals surface area contributed by atoms with Gasteiger partial charge in [-0.25, -0.2) is 19.1 Å². The summed E-state index contributed by atoms with van der Waals surface area (Å²) in [6.07, 6.45) is 3.22. The van der Waals surface area contributed by atoms with Crippen LogP contribution in [0, 0.1) is 13.8 Å². The summed E-state index contributed by atoms with van der Waals surface area (Å²) in [4.78, 5) is 16.7. The molecule has 3 heterocycles. The Morgan fingerprint density at radius 2 is 2.12 bits per heavy atom. The predicted molar refractivity (Wildman–Crippen MR) is 97.3 cm³/mol. The van der Waals surface area contributed by atoms with E-state index in [9.17, 15) is 4.79 Å². The zero-order valence-electron chi connectivity index (χ0n) is 14.8. The number of anilines is 1. The van der Waals surface area contributed by atoms with Crippen LogP contribution in [0.25, 0.3) is 5.69 Å². The van der Waals surface area contributed by atoms with E-state index in [1.165, 1.54) is 0 Å². The summed E-state index contributed by atoms with van der Waals surface area (Å²) < 4.78 is 3.69. The number of carbonyl (C=O) groups is 1. The minimum Gasteiger partial charge on any atom is -0.333 e. The Labute approximate surface area is 151 Å². The first kappa shape index (κ1) is 16.3. The van der Waals surface area contributed by atoms with E-state index >= 15 is 0 Å². The van der Waals surface area contributed by atoms with E-state index in [-0.39, 0.29) is 12.1 Å². The van der Waals surface area contributed by atoms with Crippen LogP contribution in [0.4, 0.5) is 10.5 Å². The fourth-order valence-electron chi connectivity index (χ4n) is 3.34. The monoisotopic (exact) mass is 351 g/mol. The number of carbonyl (C=O) groups excluding carboxylic acids is 1. The topological polar surface area (TPSA) is 89.7 Å². The minimum absolute atomic E-state index is 0.0325. The van der Waals surface area contributed by atoms with Gasteiger partial charge in [-0.15, -0.1) is 0 Å². The Morgan fingerprint density at radius 1 is 1.27 bits per heavy atom. The Bertz CT molecular complexity index is 943. The van der Waals surface area contributed by atoms with Crippen molar-refractivity contribution < 1.29 is 4.79 Å². The van der Waals surface area contributed by atoms with E-state index in [4.69, 9.17) is 0 Å². The number of nitrogens with zero attached hydrogens (tertiary/aromatic N) is 5. The third-order valence-corrected chi connectivity index (χ3v) is 4.53. The van der Waals surface area contributed by atoms with E-state index < -0.39 is 0 Å². The third kappa shape index (κ3) is 3.17. The molecule has 0 saturated carbocycles. The summed E-state index contributed by atoms with van der Waals surface area (Å²) in [6.45, 7) is 4.59. The summed E-state index contributed by atoms with van der Waals surface area (Å²) in [5.74, 6) is 0.971. The highest BCUT2D eigenvalue weighted by Crippen LogP contribution is 2.21. The zero-order valence-corrected chi connectivity index (χ0v) is 14.8. The number of hydrogen-bond acceptors (Lipinski definition) is 4. The second kappa shape index (κ2) is 6.62. The number of hydrogen-bond donors (Lipinski definition) is 2. The maximum Gasteiger partial charge on any atom is 0.319 e. The van der Waals surface area contributed by atoms with Gasteiger partial charge >= 0.3 is 6.03 Å². The minimum atomic E-state index is -0.229. The van der Waals surface area contributed by atoms with Gasteiger partial charge in [-0.1, -0.05) is 12.1 Å². The van der Waals surface area contributed by atoms with Crippen LogP contribution in [0.2, 0.25) is 0 Å². The smallest absolute Gasteiger partial charge is 0.319 e. The van der Waals surface area contributed by atoms with Crippen molar-refractivity contribution >= 4 is 11.7 Å². The molecule has 8 nitrogen and oxygen atoms in total. The van der Waals surface area contributed by atoms with E-state index in [0.29, 0.717) is 12.2 Å². The summed E-state index contributed by atoms with van der Waals surface area (Å²) in [7, 11) is 0. The highest BCUT2D eigenvalue weighted by atomic mass is 16.2. The van der Waals surface area contributed by atoms with Gasteiger partial charge in [-0.05, 0) is 38.5 Å². The van der Waals surface area contributed by atoms with Gasteiger partial charge in [0.25, 0.3) is 0 Å².